The predicted octanol–water partition coefficient (Wildman–Crippen LogP) is 3.28. The second-order valence-corrected chi connectivity index (χ2v) is 11.2. The molecule has 2 saturated heterocycles. The summed E-state index contributed by atoms with van der Waals surface area (Å²) in [5.74, 6) is 0.240. The Morgan fingerprint density at radius 2 is 1.91 bits per heavy atom. The molecule has 32 heavy (non-hydrogen) atoms. The summed E-state index contributed by atoms with van der Waals surface area (Å²) in [5, 5.41) is 21.8. The summed E-state index contributed by atoms with van der Waals surface area (Å²) in [4.78, 5) is 6.07. The van der Waals surface area contributed by atoms with Crippen LogP contribution in [-0.2, 0) is 4.74 Å². The highest BCUT2D eigenvalue weighted by Crippen LogP contribution is 2.70. The zero-order chi connectivity index (χ0) is 22.5. The van der Waals surface area contributed by atoms with Gasteiger partial charge in [-0.05, 0) is 75.0 Å². The fourth-order valence-corrected chi connectivity index (χ4v) is 7.96. The summed E-state index contributed by atoms with van der Waals surface area (Å²) in [7, 11) is 3.75. The largest absolute Gasteiger partial charge is 0.389 e. The van der Waals surface area contributed by atoms with E-state index in [0.717, 1.165) is 24.8 Å². The first-order chi connectivity index (χ1) is 15.2. The number of pyridine rings is 1. The van der Waals surface area contributed by atoms with E-state index in [9.17, 15) is 10.2 Å². The molecule has 8 atom stereocenters. The molecule has 5 aliphatic rings. The Bertz CT molecular complexity index is 1010. The fraction of sp³-hybridized carbons (Fsp3) is 0.654. The number of fused-ring (bicyclic) bond motifs is 1. The summed E-state index contributed by atoms with van der Waals surface area (Å²) in [6, 6.07) is 3.81. The van der Waals surface area contributed by atoms with Crippen molar-refractivity contribution in [2.24, 2.45) is 11.3 Å². The molecule has 3 heterocycles. The number of aliphatic hydroxyl groups is 2. The second kappa shape index (κ2) is 6.50. The molecule has 6 heteroatoms. The van der Waals surface area contributed by atoms with Crippen LogP contribution in [0, 0.1) is 11.3 Å². The fourth-order valence-electron chi connectivity index (χ4n) is 7.96. The quantitative estimate of drug-likeness (QED) is 0.691. The smallest absolute Gasteiger partial charge is 0.171 e. The van der Waals surface area contributed by atoms with Crippen molar-refractivity contribution in [1.82, 2.24) is 9.88 Å². The van der Waals surface area contributed by atoms with Crippen LogP contribution >= 0.6 is 0 Å². The van der Waals surface area contributed by atoms with Gasteiger partial charge < -0.3 is 19.8 Å². The molecule has 3 fully saturated rings. The topological polar surface area (TPSA) is 65.8 Å². The molecule has 6 rings (SSSR count). The maximum absolute atomic E-state index is 16.7. The van der Waals surface area contributed by atoms with E-state index < -0.39 is 29.1 Å². The summed E-state index contributed by atoms with van der Waals surface area (Å²) < 4.78 is 23.7. The van der Waals surface area contributed by atoms with Crippen molar-refractivity contribution in [3.05, 3.63) is 47.8 Å². The van der Waals surface area contributed by atoms with Crippen LogP contribution in [0.3, 0.4) is 0 Å². The lowest BCUT2D eigenvalue weighted by Gasteiger charge is -2.61. The molecular weight excluding hydrogens is 407 g/mol. The van der Waals surface area contributed by atoms with E-state index in [1.54, 1.807) is 0 Å². The van der Waals surface area contributed by atoms with E-state index in [1.165, 1.54) is 11.1 Å². The maximum Gasteiger partial charge on any atom is 0.171 e. The van der Waals surface area contributed by atoms with Gasteiger partial charge in [-0.2, -0.15) is 0 Å². The summed E-state index contributed by atoms with van der Waals surface area (Å²) in [5.41, 5.74) is -0.0668. The normalized spacial score (nSPS) is 49.2. The number of halogens is 1. The summed E-state index contributed by atoms with van der Waals surface area (Å²) in [6.07, 6.45) is 9.26. The van der Waals surface area contributed by atoms with Gasteiger partial charge in [-0.1, -0.05) is 19.1 Å². The number of allylic oxidation sites excluding steroid dienone is 3. The summed E-state index contributed by atoms with van der Waals surface area (Å²) in [6.45, 7) is 2.33. The number of hydrogen-bond donors (Lipinski definition) is 2. The zero-order valence-corrected chi connectivity index (χ0v) is 19.1. The Morgan fingerprint density at radius 3 is 2.62 bits per heavy atom. The van der Waals surface area contributed by atoms with Gasteiger partial charge in [0.1, 0.15) is 11.7 Å². The third kappa shape index (κ3) is 2.34. The molecule has 172 valence electrons. The van der Waals surface area contributed by atoms with Gasteiger partial charge >= 0.3 is 0 Å². The van der Waals surface area contributed by atoms with Crippen molar-refractivity contribution in [1.29, 1.82) is 0 Å². The SMILES string of the molecule is CN(C)[C@H]1C[C@@]23CC[C@@]4(O2)C(=CC[C@]2(C)C(c5ccncc5)=CCC24)CC3(F)[C@@H](O)[C@@H]1O. The first-order valence-corrected chi connectivity index (χ1v) is 11.9. The van der Waals surface area contributed by atoms with Crippen molar-refractivity contribution in [2.45, 2.75) is 80.6 Å². The van der Waals surface area contributed by atoms with Gasteiger partial charge in [0.05, 0.1) is 11.7 Å². The minimum absolute atomic E-state index is 0.0829. The Labute approximate surface area is 189 Å². The Balaban J connectivity index is 1.43. The molecule has 5 nitrogen and oxygen atoms in total. The number of alkyl halides is 1. The number of rotatable bonds is 2. The minimum atomic E-state index is -1.96. The molecule has 2 N–H and O–H groups in total. The van der Waals surface area contributed by atoms with E-state index in [0.29, 0.717) is 12.8 Å². The highest BCUT2D eigenvalue weighted by molar-refractivity contribution is 5.74. The molecular formula is C26H33FN2O3. The van der Waals surface area contributed by atoms with Gasteiger partial charge in [-0.15, -0.1) is 0 Å². The third-order valence-corrected chi connectivity index (χ3v) is 9.68. The molecule has 2 spiro atoms. The van der Waals surface area contributed by atoms with E-state index in [2.05, 4.69) is 36.2 Å². The zero-order valence-electron chi connectivity index (χ0n) is 19.1. The van der Waals surface area contributed by atoms with Crippen LogP contribution in [0.25, 0.3) is 5.57 Å². The van der Waals surface area contributed by atoms with Crippen LogP contribution in [0.2, 0.25) is 0 Å². The van der Waals surface area contributed by atoms with E-state index in [4.69, 9.17) is 4.74 Å². The first kappa shape index (κ1) is 21.0. The van der Waals surface area contributed by atoms with Gasteiger partial charge in [0.2, 0.25) is 0 Å². The van der Waals surface area contributed by atoms with Gasteiger partial charge in [-0.25, -0.2) is 4.39 Å². The van der Waals surface area contributed by atoms with Crippen LogP contribution < -0.4 is 0 Å². The van der Waals surface area contributed by atoms with Crippen molar-refractivity contribution >= 4 is 5.57 Å². The van der Waals surface area contributed by atoms with Crippen molar-refractivity contribution in [3.63, 3.8) is 0 Å². The molecule has 0 radical (unpaired) electrons. The van der Waals surface area contributed by atoms with E-state index in [-0.39, 0.29) is 23.8 Å². The van der Waals surface area contributed by atoms with E-state index in [1.807, 2.05) is 31.4 Å². The van der Waals surface area contributed by atoms with Gasteiger partial charge in [-0.3, -0.25) is 4.98 Å². The lowest BCUT2D eigenvalue weighted by atomic mass is 9.56. The molecule has 2 bridgehead atoms. The number of hydrogen-bond acceptors (Lipinski definition) is 5. The van der Waals surface area contributed by atoms with Crippen LogP contribution in [0.15, 0.2) is 42.3 Å². The number of ether oxygens (including phenoxy) is 1. The van der Waals surface area contributed by atoms with Gasteiger partial charge in [0.25, 0.3) is 0 Å². The average molecular weight is 441 g/mol. The standard InChI is InChI=1S/C26H33FN2O3/c1-23-9-6-17-14-26(27)22(31)21(30)19(29(2)3)15-24(26)10-11-25(17,32-24)20(23)5-4-18(23)16-7-12-28-13-8-16/h4,6-8,12-13,19-22,30-31H,5,9-11,14-15H2,1-3H3/t19-,20?,21+,22-,23+,24+,25+,26?/m0/s1. The van der Waals surface area contributed by atoms with Crippen molar-refractivity contribution < 1.29 is 19.3 Å². The number of nitrogens with zero attached hydrogens (tertiary/aromatic N) is 2. The number of aromatic nitrogens is 1. The molecule has 2 unspecified atom stereocenters. The van der Waals surface area contributed by atoms with Crippen molar-refractivity contribution in [2.75, 3.05) is 14.1 Å². The molecule has 3 aliphatic carbocycles. The molecule has 1 aromatic heterocycles. The lowest BCUT2D eigenvalue weighted by molar-refractivity contribution is -0.282. The summed E-state index contributed by atoms with van der Waals surface area (Å²) >= 11 is 0. The average Bonchev–Trinajstić information content (AvgIpc) is 3.31. The van der Waals surface area contributed by atoms with Crippen LogP contribution in [0.4, 0.5) is 4.39 Å². The minimum Gasteiger partial charge on any atom is -0.389 e. The monoisotopic (exact) mass is 440 g/mol. The van der Waals surface area contributed by atoms with Gasteiger partial charge in [0.15, 0.2) is 5.67 Å². The molecule has 2 aliphatic heterocycles. The van der Waals surface area contributed by atoms with Crippen LogP contribution in [0.5, 0.6) is 0 Å². The molecule has 0 amide bonds. The highest BCUT2D eigenvalue weighted by Gasteiger charge is 2.76. The van der Waals surface area contributed by atoms with Crippen LogP contribution in [-0.4, -0.2) is 69.3 Å². The Hall–Kier alpha value is -1.60. The first-order valence-electron chi connectivity index (χ1n) is 11.9. The van der Waals surface area contributed by atoms with Gasteiger partial charge in [0, 0.05) is 36.2 Å². The predicted molar refractivity (Wildman–Crippen MR) is 119 cm³/mol. The molecule has 1 aromatic rings. The Morgan fingerprint density at radius 1 is 1.16 bits per heavy atom. The Kier molecular flexibility index (Phi) is 4.26. The van der Waals surface area contributed by atoms with Crippen LogP contribution in [0.1, 0.15) is 51.0 Å². The van der Waals surface area contributed by atoms with Crippen molar-refractivity contribution in [3.8, 4) is 0 Å². The second-order valence-electron chi connectivity index (χ2n) is 11.2. The lowest BCUT2D eigenvalue weighted by Crippen LogP contribution is -2.73. The molecule has 1 saturated carbocycles. The van der Waals surface area contributed by atoms with E-state index >= 15 is 4.39 Å². The third-order valence-electron chi connectivity index (χ3n) is 9.68. The molecule has 0 aromatic carbocycles. The number of aliphatic hydroxyl groups excluding tert-OH is 2. The number of likely N-dealkylation sites (N-methyl/N-ethyl adjacent to an activating group) is 1. The maximum atomic E-state index is 16.7. The highest BCUT2D eigenvalue weighted by atomic mass is 19.1.